The van der Waals surface area contributed by atoms with Gasteiger partial charge in [0.05, 0.1) is 11.0 Å². The average Bonchev–Trinajstić information content (AvgIpc) is 2.67. The molecule has 0 aliphatic rings. The molecule has 1 aromatic heterocycles. The lowest BCUT2D eigenvalue weighted by atomic mass is 10.1. The molecule has 3 aromatic rings. The molecule has 1 N–H and O–H groups in total. The number of benzene rings is 2. The van der Waals surface area contributed by atoms with Gasteiger partial charge in [0.1, 0.15) is 6.04 Å². The first-order valence-electron chi connectivity index (χ1n) is 9.93. The van der Waals surface area contributed by atoms with Crippen molar-refractivity contribution in [2.45, 2.75) is 53.3 Å². The highest BCUT2D eigenvalue weighted by Gasteiger charge is 2.39. The van der Waals surface area contributed by atoms with Gasteiger partial charge < -0.3 is 5.32 Å². The molecule has 1 atom stereocenters. The highest BCUT2D eigenvalue weighted by Crippen LogP contribution is 2.29. The van der Waals surface area contributed by atoms with Gasteiger partial charge in [0.25, 0.3) is 5.56 Å². The average molecular weight is 431 g/mol. The Morgan fingerprint density at radius 3 is 2.19 bits per heavy atom. The number of nitrogens with one attached hydrogen (secondary N) is 1. The second kappa shape index (κ2) is 8.17. The summed E-state index contributed by atoms with van der Waals surface area (Å²) in [6.45, 7) is 8.85. The predicted octanol–water partition coefficient (Wildman–Crippen LogP) is 5.24. The Morgan fingerprint density at radius 2 is 1.65 bits per heavy atom. The van der Waals surface area contributed by atoms with Crippen molar-refractivity contribution in [2.24, 2.45) is 0 Å². The molecule has 0 bridgehead atoms. The molecule has 3 rings (SSSR count). The van der Waals surface area contributed by atoms with E-state index in [0.29, 0.717) is 5.69 Å². The van der Waals surface area contributed by atoms with E-state index < -0.39 is 29.4 Å². The summed E-state index contributed by atoms with van der Waals surface area (Å²) in [6, 6.07) is 7.47. The van der Waals surface area contributed by atoms with Crippen molar-refractivity contribution in [3.05, 3.63) is 68.6 Å². The number of alkyl halides is 3. The maximum absolute atomic E-state index is 13.6. The van der Waals surface area contributed by atoms with E-state index in [0.717, 1.165) is 26.8 Å². The number of rotatable bonds is 4. The number of hydrogen-bond acceptors (Lipinski definition) is 3. The van der Waals surface area contributed by atoms with Gasteiger partial charge >= 0.3 is 6.18 Å². The molecular formula is C23H24F3N3O2. The first-order valence-corrected chi connectivity index (χ1v) is 9.93. The zero-order valence-electron chi connectivity index (χ0n) is 18.0. The van der Waals surface area contributed by atoms with E-state index in [-0.39, 0.29) is 17.5 Å². The largest absolute Gasteiger partial charge is 0.438 e. The van der Waals surface area contributed by atoms with Gasteiger partial charge in [-0.25, -0.2) is 4.98 Å². The van der Waals surface area contributed by atoms with Crippen LogP contribution in [0, 0.1) is 27.7 Å². The second-order valence-corrected chi connectivity index (χ2v) is 7.74. The molecule has 0 aliphatic carbocycles. The van der Waals surface area contributed by atoms with Crippen molar-refractivity contribution in [1.29, 1.82) is 0 Å². The molecule has 2 aromatic carbocycles. The molecular weight excluding hydrogens is 407 g/mol. The van der Waals surface area contributed by atoms with Gasteiger partial charge in [0, 0.05) is 5.69 Å². The van der Waals surface area contributed by atoms with Crippen molar-refractivity contribution in [2.75, 3.05) is 5.32 Å². The van der Waals surface area contributed by atoms with Gasteiger partial charge in [-0.3, -0.25) is 14.2 Å². The van der Waals surface area contributed by atoms with Crippen LogP contribution in [0.25, 0.3) is 11.0 Å². The summed E-state index contributed by atoms with van der Waals surface area (Å²) in [5.41, 5.74) is 1.11. The highest BCUT2D eigenvalue weighted by molar-refractivity contribution is 5.96. The van der Waals surface area contributed by atoms with Crippen molar-refractivity contribution < 1.29 is 18.0 Å². The fourth-order valence-electron chi connectivity index (χ4n) is 3.66. The molecule has 0 radical (unpaired) electrons. The zero-order valence-corrected chi connectivity index (χ0v) is 18.0. The first kappa shape index (κ1) is 22.5. The van der Waals surface area contributed by atoms with E-state index in [4.69, 9.17) is 0 Å². The number of para-hydroxylation sites is 1. The molecule has 0 spiro atoms. The number of hydrogen-bond donors (Lipinski definition) is 1. The van der Waals surface area contributed by atoms with E-state index in [1.807, 2.05) is 32.0 Å². The van der Waals surface area contributed by atoms with E-state index in [9.17, 15) is 22.8 Å². The van der Waals surface area contributed by atoms with Gasteiger partial charge in [-0.1, -0.05) is 25.1 Å². The van der Waals surface area contributed by atoms with E-state index in [1.54, 1.807) is 26.8 Å². The maximum atomic E-state index is 13.6. The summed E-state index contributed by atoms with van der Waals surface area (Å²) in [7, 11) is 0. The number of fused-ring (bicyclic) bond motifs is 1. The van der Waals surface area contributed by atoms with Crippen LogP contribution in [0.1, 0.15) is 47.3 Å². The number of aryl methyl sites for hydroxylation is 4. The molecule has 0 saturated carbocycles. The van der Waals surface area contributed by atoms with E-state index >= 15 is 0 Å². The Bertz CT molecular complexity index is 1210. The number of carbonyl (C=O) groups excluding carboxylic acids is 1. The van der Waals surface area contributed by atoms with Gasteiger partial charge in [0.2, 0.25) is 11.6 Å². The van der Waals surface area contributed by atoms with Gasteiger partial charge in [-0.15, -0.1) is 0 Å². The third-order valence-electron chi connectivity index (χ3n) is 5.50. The molecule has 1 amide bonds. The van der Waals surface area contributed by atoms with Crippen LogP contribution in [0.2, 0.25) is 0 Å². The SMILES string of the molecule is CCC(C(=O)Nc1c(C)cccc1C)n1c(=O)c(C(F)(F)F)nc2cc(C)c(C)cc21. The number of nitrogens with zero attached hydrogens (tertiary/aromatic N) is 2. The Balaban J connectivity index is 2.25. The molecule has 0 saturated heterocycles. The van der Waals surface area contributed by atoms with Crippen LogP contribution in [0.3, 0.4) is 0 Å². The van der Waals surface area contributed by atoms with Crippen LogP contribution in [-0.4, -0.2) is 15.5 Å². The Kier molecular flexibility index (Phi) is 5.93. The van der Waals surface area contributed by atoms with Crippen molar-refractivity contribution in [3.63, 3.8) is 0 Å². The monoisotopic (exact) mass is 431 g/mol. The van der Waals surface area contributed by atoms with Crippen LogP contribution in [-0.2, 0) is 11.0 Å². The molecule has 5 nitrogen and oxygen atoms in total. The minimum atomic E-state index is -4.94. The highest BCUT2D eigenvalue weighted by atomic mass is 19.4. The molecule has 1 heterocycles. The normalized spacial score (nSPS) is 12.8. The fourth-order valence-corrected chi connectivity index (χ4v) is 3.66. The summed E-state index contributed by atoms with van der Waals surface area (Å²) < 4.78 is 41.7. The Labute approximate surface area is 177 Å². The minimum Gasteiger partial charge on any atom is -0.324 e. The number of halogens is 3. The van der Waals surface area contributed by atoms with Crippen molar-refractivity contribution in [3.8, 4) is 0 Å². The van der Waals surface area contributed by atoms with Crippen LogP contribution in [0.15, 0.2) is 35.1 Å². The summed E-state index contributed by atoms with van der Waals surface area (Å²) in [5.74, 6) is -0.555. The van der Waals surface area contributed by atoms with Gasteiger partial charge in [-0.2, -0.15) is 13.2 Å². The Morgan fingerprint density at radius 1 is 1.06 bits per heavy atom. The van der Waals surface area contributed by atoms with Gasteiger partial charge in [-0.05, 0) is 68.5 Å². The van der Waals surface area contributed by atoms with Gasteiger partial charge in [0.15, 0.2) is 0 Å². The van der Waals surface area contributed by atoms with E-state index in [2.05, 4.69) is 10.3 Å². The van der Waals surface area contributed by atoms with Crippen molar-refractivity contribution in [1.82, 2.24) is 9.55 Å². The maximum Gasteiger partial charge on any atom is 0.438 e. The fraction of sp³-hybridized carbons (Fsp3) is 0.348. The molecule has 0 aliphatic heterocycles. The van der Waals surface area contributed by atoms with Crippen LogP contribution in [0.4, 0.5) is 18.9 Å². The first-order chi connectivity index (χ1) is 14.5. The zero-order chi connectivity index (χ0) is 23.1. The smallest absolute Gasteiger partial charge is 0.324 e. The second-order valence-electron chi connectivity index (χ2n) is 7.74. The lowest BCUT2D eigenvalue weighted by Crippen LogP contribution is -2.37. The summed E-state index contributed by atoms with van der Waals surface area (Å²) in [5, 5.41) is 2.80. The lowest BCUT2D eigenvalue weighted by Gasteiger charge is -2.23. The third kappa shape index (κ3) is 4.19. The van der Waals surface area contributed by atoms with E-state index in [1.165, 1.54) is 6.07 Å². The number of aromatic nitrogens is 2. The topological polar surface area (TPSA) is 64.0 Å². The van der Waals surface area contributed by atoms with Crippen LogP contribution in [0.5, 0.6) is 0 Å². The number of carbonyl (C=O) groups is 1. The predicted molar refractivity (Wildman–Crippen MR) is 114 cm³/mol. The molecule has 8 heteroatoms. The summed E-state index contributed by atoms with van der Waals surface area (Å²) >= 11 is 0. The Hall–Kier alpha value is -3.16. The summed E-state index contributed by atoms with van der Waals surface area (Å²) in [4.78, 5) is 29.7. The molecule has 1 unspecified atom stereocenters. The lowest BCUT2D eigenvalue weighted by molar-refractivity contribution is -0.142. The third-order valence-corrected chi connectivity index (χ3v) is 5.50. The van der Waals surface area contributed by atoms with Crippen LogP contribution < -0.4 is 10.9 Å². The van der Waals surface area contributed by atoms with Crippen LogP contribution >= 0.6 is 0 Å². The van der Waals surface area contributed by atoms with Crippen molar-refractivity contribution >= 4 is 22.6 Å². The number of anilines is 1. The quantitative estimate of drug-likeness (QED) is 0.615. The minimum absolute atomic E-state index is 0.0216. The standard InChI is InChI=1S/C23H24F3N3O2/c1-6-17(21(30)28-19-12(2)8-7-9-13(19)3)29-18-11-15(5)14(4)10-16(18)27-20(22(29)31)23(24,25)26/h7-11,17H,6H2,1-5H3,(H,28,30). The molecule has 0 fully saturated rings. The molecule has 31 heavy (non-hydrogen) atoms. The molecule has 164 valence electrons. The number of amides is 1. The summed E-state index contributed by atoms with van der Waals surface area (Å²) in [6.07, 6.45) is -4.81.